The van der Waals surface area contributed by atoms with Crippen molar-refractivity contribution in [2.24, 2.45) is 12.8 Å². The summed E-state index contributed by atoms with van der Waals surface area (Å²) >= 11 is 0. The predicted molar refractivity (Wildman–Crippen MR) is 134 cm³/mol. The maximum atomic E-state index is 12.3. The molecule has 5 rings (SSSR count). The highest BCUT2D eigenvalue weighted by atomic mass is 35.5. The Kier molecular flexibility index (Phi) is 5.77. The van der Waals surface area contributed by atoms with E-state index in [4.69, 9.17) is 5.73 Å². The lowest BCUT2D eigenvalue weighted by molar-refractivity contribution is 0.776. The third-order valence-corrected chi connectivity index (χ3v) is 6.08. The van der Waals surface area contributed by atoms with Crippen molar-refractivity contribution in [1.29, 1.82) is 5.26 Å². The van der Waals surface area contributed by atoms with Crippen LogP contribution in [-0.2, 0) is 13.6 Å². The van der Waals surface area contributed by atoms with E-state index in [1.807, 2.05) is 49.5 Å². The lowest BCUT2D eigenvalue weighted by atomic mass is 9.91. The maximum Gasteiger partial charge on any atom is 0.255 e. The van der Waals surface area contributed by atoms with E-state index in [0.29, 0.717) is 17.5 Å². The van der Waals surface area contributed by atoms with Crippen LogP contribution in [-0.4, -0.2) is 14.8 Å². The van der Waals surface area contributed by atoms with Gasteiger partial charge in [0.05, 0.1) is 17.5 Å². The average Bonchev–Trinajstić information content (AvgIpc) is 3.20. The van der Waals surface area contributed by atoms with Crippen LogP contribution >= 0.6 is 12.4 Å². The van der Waals surface area contributed by atoms with Gasteiger partial charge in [-0.1, -0.05) is 30.3 Å². The third-order valence-electron chi connectivity index (χ3n) is 6.08. The van der Waals surface area contributed by atoms with Gasteiger partial charge in [0.25, 0.3) is 5.56 Å². The van der Waals surface area contributed by atoms with Crippen LogP contribution in [0.15, 0.2) is 65.7 Å². The SMILES string of the molecule is Cc1cc(-c2c(-c3ccc4c(=O)[nH]cc(CN)c4c3)cnn2C)c(C#N)c2ccccc12.Cl. The Morgan fingerprint density at radius 1 is 1.06 bits per heavy atom. The molecule has 164 valence electrons. The van der Waals surface area contributed by atoms with Crippen molar-refractivity contribution in [3.63, 3.8) is 0 Å². The van der Waals surface area contributed by atoms with Crippen molar-refractivity contribution in [2.45, 2.75) is 13.5 Å². The molecule has 5 aromatic rings. The fourth-order valence-corrected chi connectivity index (χ4v) is 4.48. The molecule has 0 aliphatic rings. The van der Waals surface area contributed by atoms with Crippen LogP contribution in [0, 0.1) is 18.3 Å². The molecule has 0 aliphatic heterocycles. The van der Waals surface area contributed by atoms with Crippen LogP contribution in [0.5, 0.6) is 0 Å². The first kappa shape index (κ1) is 22.3. The Morgan fingerprint density at radius 3 is 2.55 bits per heavy atom. The number of nitrogens with two attached hydrogens (primary N) is 1. The Hall–Kier alpha value is -3.92. The number of nitriles is 1. The number of H-pyrrole nitrogens is 1. The number of aryl methyl sites for hydroxylation is 2. The molecule has 0 saturated carbocycles. The van der Waals surface area contributed by atoms with Gasteiger partial charge in [-0.15, -0.1) is 12.4 Å². The van der Waals surface area contributed by atoms with Gasteiger partial charge in [0.1, 0.15) is 6.07 Å². The number of pyridine rings is 1. The van der Waals surface area contributed by atoms with Crippen molar-refractivity contribution < 1.29 is 0 Å². The number of aromatic amines is 1. The Balaban J connectivity index is 0.00000259. The van der Waals surface area contributed by atoms with Gasteiger partial charge >= 0.3 is 0 Å². The van der Waals surface area contributed by atoms with E-state index in [2.05, 4.69) is 29.1 Å². The van der Waals surface area contributed by atoms with E-state index in [0.717, 1.165) is 49.7 Å². The van der Waals surface area contributed by atoms with E-state index in [1.165, 1.54) is 0 Å². The summed E-state index contributed by atoms with van der Waals surface area (Å²) in [7, 11) is 1.88. The van der Waals surface area contributed by atoms with Crippen molar-refractivity contribution in [2.75, 3.05) is 0 Å². The highest BCUT2D eigenvalue weighted by molar-refractivity contribution is 5.99. The summed E-state index contributed by atoms with van der Waals surface area (Å²) in [4.78, 5) is 15.0. The van der Waals surface area contributed by atoms with Crippen LogP contribution in [0.25, 0.3) is 43.9 Å². The van der Waals surface area contributed by atoms with E-state index < -0.39 is 0 Å². The predicted octanol–water partition coefficient (Wildman–Crippen LogP) is 4.81. The van der Waals surface area contributed by atoms with Crippen molar-refractivity contribution >= 4 is 34.0 Å². The summed E-state index contributed by atoms with van der Waals surface area (Å²) in [6.07, 6.45) is 3.47. The quantitative estimate of drug-likeness (QED) is 0.407. The molecule has 0 spiro atoms. The Morgan fingerprint density at radius 2 is 1.82 bits per heavy atom. The number of nitrogens with one attached hydrogen (secondary N) is 1. The largest absolute Gasteiger partial charge is 0.328 e. The van der Waals surface area contributed by atoms with Crippen LogP contribution in [0.3, 0.4) is 0 Å². The van der Waals surface area contributed by atoms with Crippen molar-refractivity contribution in [3.05, 3.63) is 88.0 Å². The number of nitrogens with zero attached hydrogens (tertiary/aromatic N) is 3. The fourth-order valence-electron chi connectivity index (χ4n) is 4.48. The van der Waals surface area contributed by atoms with Crippen LogP contribution in [0.4, 0.5) is 0 Å². The summed E-state index contributed by atoms with van der Waals surface area (Å²) in [5.74, 6) is 0. The maximum absolute atomic E-state index is 12.3. The molecule has 0 saturated heterocycles. The van der Waals surface area contributed by atoms with Gasteiger partial charge in [-0.05, 0) is 52.6 Å². The highest BCUT2D eigenvalue weighted by Crippen LogP contribution is 2.38. The van der Waals surface area contributed by atoms with Crippen molar-refractivity contribution in [3.8, 4) is 28.5 Å². The molecule has 0 aliphatic carbocycles. The molecule has 6 nitrogen and oxygen atoms in total. The first-order chi connectivity index (χ1) is 15.5. The van der Waals surface area contributed by atoms with E-state index in [1.54, 1.807) is 17.1 Å². The first-order valence-corrected chi connectivity index (χ1v) is 10.3. The van der Waals surface area contributed by atoms with Gasteiger partial charge < -0.3 is 10.7 Å². The molecule has 0 unspecified atom stereocenters. The minimum absolute atomic E-state index is 0. The zero-order valence-electron chi connectivity index (χ0n) is 18.2. The number of fused-ring (bicyclic) bond motifs is 2. The monoisotopic (exact) mass is 455 g/mol. The molecular formula is C26H22ClN5O. The topological polar surface area (TPSA) is 100 Å². The third kappa shape index (κ3) is 3.48. The standard InChI is InChI=1S/C26H21N5O.ClH/c1-15-9-22(23(12-28)19-6-4-3-5-18(15)19)25-24(14-30-31(25)2)16-7-8-20-21(10-16)17(11-27)13-29-26(20)32;/h3-10,13-14H,11,27H2,1-2H3,(H,29,32);1H. The molecule has 3 aromatic carbocycles. The number of aromatic nitrogens is 3. The molecule has 33 heavy (non-hydrogen) atoms. The molecule has 2 aromatic heterocycles. The Labute approximate surface area is 196 Å². The zero-order chi connectivity index (χ0) is 22.4. The van der Waals surface area contributed by atoms with Gasteiger partial charge in [0, 0.05) is 41.7 Å². The molecule has 0 atom stereocenters. The summed E-state index contributed by atoms with van der Waals surface area (Å²) in [5, 5.41) is 18.0. The number of hydrogen-bond acceptors (Lipinski definition) is 4. The van der Waals surface area contributed by atoms with E-state index in [-0.39, 0.29) is 18.0 Å². The van der Waals surface area contributed by atoms with Crippen LogP contribution < -0.4 is 11.3 Å². The second kappa shape index (κ2) is 8.55. The van der Waals surface area contributed by atoms with E-state index >= 15 is 0 Å². The Bertz CT molecular complexity index is 1620. The number of rotatable bonds is 3. The van der Waals surface area contributed by atoms with E-state index in [9.17, 15) is 10.1 Å². The van der Waals surface area contributed by atoms with Gasteiger partial charge in [-0.2, -0.15) is 10.4 Å². The highest BCUT2D eigenvalue weighted by Gasteiger charge is 2.19. The molecule has 0 fully saturated rings. The summed E-state index contributed by atoms with van der Waals surface area (Å²) < 4.78 is 1.80. The minimum Gasteiger partial charge on any atom is -0.328 e. The first-order valence-electron chi connectivity index (χ1n) is 10.3. The normalized spacial score (nSPS) is 10.8. The van der Waals surface area contributed by atoms with Crippen molar-refractivity contribution in [1.82, 2.24) is 14.8 Å². The summed E-state index contributed by atoms with van der Waals surface area (Å²) in [6.45, 7) is 2.37. The molecule has 3 N–H and O–H groups in total. The lowest BCUT2D eigenvalue weighted by Crippen LogP contribution is -2.09. The molecule has 7 heteroatoms. The molecule has 0 bridgehead atoms. The van der Waals surface area contributed by atoms with Crippen LogP contribution in [0.2, 0.25) is 0 Å². The zero-order valence-corrected chi connectivity index (χ0v) is 19.0. The molecule has 0 amide bonds. The molecule has 2 heterocycles. The number of hydrogen-bond donors (Lipinski definition) is 2. The average molecular weight is 456 g/mol. The second-order valence-corrected chi connectivity index (χ2v) is 7.91. The second-order valence-electron chi connectivity index (χ2n) is 7.91. The number of benzene rings is 3. The lowest BCUT2D eigenvalue weighted by Gasteiger charge is -2.14. The molecule has 0 radical (unpaired) electrons. The minimum atomic E-state index is -0.146. The van der Waals surface area contributed by atoms with Crippen LogP contribution in [0.1, 0.15) is 16.7 Å². The van der Waals surface area contributed by atoms with Gasteiger partial charge in [0.15, 0.2) is 0 Å². The summed E-state index contributed by atoms with van der Waals surface area (Å²) in [6, 6.07) is 18.1. The van der Waals surface area contributed by atoms with Gasteiger partial charge in [-0.3, -0.25) is 9.48 Å². The summed E-state index contributed by atoms with van der Waals surface area (Å²) in [5.41, 5.74) is 11.8. The van der Waals surface area contributed by atoms with Gasteiger partial charge in [-0.25, -0.2) is 0 Å². The fraction of sp³-hybridized carbons (Fsp3) is 0.115. The molecular weight excluding hydrogens is 434 g/mol. The smallest absolute Gasteiger partial charge is 0.255 e. The van der Waals surface area contributed by atoms with Gasteiger partial charge in [0.2, 0.25) is 0 Å². The number of halogens is 1.